The molecule has 0 saturated heterocycles. The van der Waals surface area contributed by atoms with E-state index in [-0.39, 0.29) is 74.0 Å². The number of nitrogens with zero attached hydrogens (tertiary/aromatic N) is 7. The summed E-state index contributed by atoms with van der Waals surface area (Å²) in [6.07, 6.45) is 9.48. The van der Waals surface area contributed by atoms with Gasteiger partial charge in [0.15, 0.2) is 11.6 Å². The molecule has 7 amide bonds. The largest absolute Gasteiger partial charge is 0.356 e. The second kappa shape index (κ2) is 18.3. The maximum absolute atomic E-state index is 13.1. The highest BCUT2D eigenvalue weighted by atomic mass is 16.2. The molecule has 5 heterocycles. The van der Waals surface area contributed by atoms with Crippen molar-refractivity contribution < 1.29 is 33.6 Å². The molecule has 0 saturated carbocycles. The highest BCUT2D eigenvalue weighted by Gasteiger charge is 2.19. The van der Waals surface area contributed by atoms with E-state index in [0.29, 0.717) is 28.6 Å². The lowest BCUT2D eigenvalue weighted by Crippen LogP contribution is -2.32. The second-order valence-electron chi connectivity index (χ2n) is 13.1. The molecule has 0 fully saturated rings. The molecule has 0 unspecified atom stereocenters. The van der Waals surface area contributed by atoms with Gasteiger partial charge < -0.3 is 60.1 Å². The second-order valence-corrected chi connectivity index (χ2v) is 13.1. The molecule has 57 heavy (non-hydrogen) atoms. The molecule has 0 atom stereocenters. The standard InChI is InChI=1S/C36H44N14O7/c1-46-19-27(40-21-46)45-35(56)26-15-22(17-49(26)4)41-30(52)10-13-39-34(55)25-16-23(18-48(25)3)42-36(57)32-44-28(20-50(32)5)43-31(53)9-11-37-29(51)8-12-38-33(54)24-7-6-14-47(24)2/h6-7,14-21H,8-13H2,1-5H3,(H,37,51)(H,38,54)(H,39,55)(H,41,52)(H,42,57)(H,43,53)(H,45,56). The maximum atomic E-state index is 13.1. The highest BCUT2D eigenvalue weighted by Crippen LogP contribution is 2.17. The van der Waals surface area contributed by atoms with Crippen LogP contribution in [0.5, 0.6) is 0 Å². The summed E-state index contributed by atoms with van der Waals surface area (Å²) in [4.78, 5) is 96.2. The number of hydrogen-bond acceptors (Lipinski definition) is 9. The van der Waals surface area contributed by atoms with Gasteiger partial charge >= 0.3 is 0 Å². The summed E-state index contributed by atoms with van der Waals surface area (Å²) in [6.45, 7) is 0.201. The Morgan fingerprint density at radius 2 is 1.12 bits per heavy atom. The molecule has 5 rings (SSSR count). The first-order valence-corrected chi connectivity index (χ1v) is 17.7. The zero-order valence-electron chi connectivity index (χ0n) is 32.0. The van der Waals surface area contributed by atoms with Gasteiger partial charge in [0.1, 0.15) is 17.1 Å². The summed E-state index contributed by atoms with van der Waals surface area (Å²) in [5.74, 6) is -2.43. The van der Waals surface area contributed by atoms with Gasteiger partial charge in [0.2, 0.25) is 23.5 Å². The number of carbonyl (C=O) groups excluding carboxylic acids is 7. The molecule has 21 nitrogen and oxygen atoms in total. The van der Waals surface area contributed by atoms with Crippen molar-refractivity contribution in [1.29, 1.82) is 0 Å². The lowest BCUT2D eigenvalue weighted by atomic mass is 10.3. The third kappa shape index (κ3) is 11.1. The minimum absolute atomic E-state index is 0.0142. The van der Waals surface area contributed by atoms with E-state index in [9.17, 15) is 33.6 Å². The zero-order chi connectivity index (χ0) is 41.2. The van der Waals surface area contributed by atoms with E-state index >= 15 is 0 Å². The van der Waals surface area contributed by atoms with Gasteiger partial charge in [0, 0.05) is 105 Å². The number of aromatic nitrogens is 7. The van der Waals surface area contributed by atoms with Crippen LogP contribution in [-0.2, 0) is 49.6 Å². The lowest BCUT2D eigenvalue weighted by Gasteiger charge is -2.07. The number of imidazole rings is 2. The Morgan fingerprint density at radius 1 is 0.544 bits per heavy atom. The predicted molar refractivity (Wildman–Crippen MR) is 207 cm³/mol. The fraction of sp³-hybridized carbons (Fsp3) is 0.306. The molecule has 21 heteroatoms. The smallest absolute Gasteiger partial charge is 0.291 e. The van der Waals surface area contributed by atoms with Crippen LogP contribution in [0.2, 0.25) is 0 Å². The van der Waals surface area contributed by atoms with Gasteiger partial charge in [-0.2, -0.15) is 0 Å². The Balaban J connectivity index is 1.01. The molecule has 0 aliphatic carbocycles. The van der Waals surface area contributed by atoms with Crippen LogP contribution in [0, 0.1) is 0 Å². The van der Waals surface area contributed by atoms with Gasteiger partial charge in [-0.25, -0.2) is 9.97 Å². The topological polar surface area (TPSA) is 254 Å². The number of nitrogens with one attached hydrogen (secondary N) is 7. The number of rotatable bonds is 17. The SMILES string of the molecule is Cn1cnc(NC(=O)c2cc(NC(=O)CCNC(=O)c3cc(NC(=O)c4nc(NC(=O)CCNC(=O)CCNC(=O)c5cccn5C)cn4C)cn3C)cn2C)c1. The summed E-state index contributed by atoms with van der Waals surface area (Å²) in [5, 5.41) is 18.7. The molecule has 0 aliphatic rings. The number of amides is 7. The molecular formula is C36H44N14O7. The van der Waals surface area contributed by atoms with Crippen molar-refractivity contribution in [2.45, 2.75) is 19.3 Å². The predicted octanol–water partition coefficient (Wildman–Crippen LogP) is 0.697. The molecule has 0 aliphatic heterocycles. The quantitative estimate of drug-likeness (QED) is 0.0700. The number of aryl methyl sites for hydroxylation is 5. The third-order valence-corrected chi connectivity index (χ3v) is 8.44. The van der Waals surface area contributed by atoms with E-state index in [1.54, 1.807) is 86.0 Å². The minimum Gasteiger partial charge on any atom is -0.356 e. The number of carbonyl (C=O) groups is 7. The average Bonchev–Trinajstić information content (AvgIpc) is 3.98. The Bertz CT molecular complexity index is 2310. The van der Waals surface area contributed by atoms with Crippen molar-refractivity contribution in [2.24, 2.45) is 35.2 Å². The summed E-state index contributed by atoms with van der Waals surface area (Å²) in [5.41, 5.74) is 1.71. The van der Waals surface area contributed by atoms with Gasteiger partial charge in [-0.1, -0.05) is 0 Å². The summed E-state index contributed by atoms with van der Waals surface area (Å²) in [7, 11) is 8.39. The fourth-order valence-electron chi connectivity index (χ4n) is 5.59. The first-order valence-electron chi connectivity index (χ1n) is 17.7. The zero-order valence-corrected chi connectivity index (χ0v) is 32.0. The van der Waals surface area contributed by atoms with Gasteiger partial charge in [-0.15, -0.1) is 0 Å². The lowest BCUT2D eigenvalue weighted by molar-refractivity contribution is -0.121. The third-order valence-electron chi connectivity index (χ3n) is 8.44. The van der Waals surface area contributed by atoms with E-state index in [2.05, 4.69) is 47.2 Å². The van der Waals surface area contributed by atoms with Crippen LogP contribution < -0.4 is 37.2 Å². The van der Waals surface area contributed by atoms with E-state index < -0.39 is 23.6 Å². The van der Waals surface area contributed by atoms with Crippen molar-refractivity contribution in [2.75, 3.05) is 40.9 Å². The van der Waals surface area contributed by atoms with Crippen LogP contribution in [-0.4, -0.2) is 93.8 Å². The van der Waals surface area contributed by atoms with Gasteiger partial charge in [0.25, 0.3) is 23.6 Å². The first kappa shape index (κ1) is 40.7. The molecule has 0 aromatic carbocycles. The molecule has 0 radical (unpaired) electrons. The molecule has 5 aromatic rings. The Morgan fingerprint density at radius 3 is 1.74 bits per heavy atom. The van der Waals surface area contributed by atoms with Gasteiger partial charge in [-0.3, -0.25) is 33.6 Å². The van der Waals surface area contributed by atoms with E-state index in [1.807, 2.05) is 0 Å². The van der Waals surface area contributed by atoms with Crippen molar-refractivity contribution in [3.05, 3.63) is 84.5 Å². The summed E-state index contributed by atoms with van der Waals surface area (Å²) >= 11 is 0. The van der Waals surface area contributed by atoms with Crippen molar-refractivity contribution >= 4 is 64.4 Å². The molecule has 5 aromatic heterocycles. The van der Waals surface area contributed by atoms with Crippen LogP contribution in [0.3, 0.4) is 0 Å². The summed E-state index contributed by atoms with van der Waals surface area (Å²) < 4.78 is 7.87. The molecular weight excluding hydrogens is 740 g/mol. The van der Waals surface area contributed by atoms with Gasteiger partial charge in [0.05, 0.1) is 17.7 Å². The Kier molecular flexibility index (Phi) is 13.0. The normalized spacial score (nSPS) is 10.8. The Labute approximate surface area is 326 Å². The molecule has 0 spiro atoms. The van der Waals surface area contributed by atoms with Crippen molar-refractivity contribution in [3.63, 3.8) is 0 Å². The van der Waals surface area contributed by atoms with Crippen LogP contribution in [0.4, 0.5) is 23.0 Å². The number of anilines is 4. The van der Waals surface area contributed by atoms with E-state index in [0.717, 1.165) is 0 Å². The number of hydrogen-bond donors (Lipinski definition) is 7. The van der Waals surface area contributed by atoms with Crippen molar-refractivity contribution in [3.8, 4) is 0 Å². The minimum atomic E-state index is -0.600. The van der Waals surface area contributed by atoms with Crippen molar-refractivity contribution in [1.82, 2.24) is 48.8 Å². The molecule has 0 bridgehead atoms. The summed E-state index contributed by atoms with van der Waals surface area (Å²) in [6, 6.07) is 6.40. The Hall–Kier alpha value is -7.45. The monoisotopic (exact) mass is 784 g/mol. The van der Waals surface area contributed by atoms with Gasteiger partial charge in [-0.05, 0) is 24.3 Å². The maximum Gasteiger partial charge on any atom is 0.291 e. The first-order chi connectivity index (χ1) is 27.2. The van der Waals surface area contributed by atoms with Crippen LogP contribution >= 0.6 is 0 Å². The highest BCUT2D eigenvalue weighted by molar-refractivity contribution is 6.05. The molecule has 7 N–H and O–H groups in total. The van der Waals surface area contributed by atoms with Crippen LogP contribution in [0.15, 0.2) is 61.6 Å². The van der Waals surface area contributed by atoms with E-state index in [4.69, 9.17) is 0 Å². The average molecular weight is 785 g/mol. The van der Waals surface area contributed by atoms with Crippen LogP contribution in [0.1, 0.15) is 61.3 Å². The molecule has 300 valence electrons. The van der Waals surface area contributed by atoms with Crippen LogP contribution in [0.25, 0.3) is 0 Å². The fourth-order valence-corrected chi connectivity index (χ4v) is 5.59. The van der Waals surface area contributed by atoms with E-state index in [1.165, 1.54) is 33.7 Å².